The molecule has 0 radical (unpaired) electrons. The van der Waals surface area contributed by atoms with Crippen molar-refractivity contribution in [3.63, 3.8) is 0 Å². The van der Waals surface area contributed by atoms with Crippen LogP contribution in [0.25, 0.3) is 0 Å². The van der Waals surface area contributed by atoms with Gasteiger partial charge in [-0.1, -0.05) is 43.9 Å². The Bertz CT molecular complexity index is 460. The zero-order chi connectivity index (χ0) is 13.2. The maximum atomic E-state index is 11.8. The summed E-state index contributed by atoms with van der Waals surface area (Å²) in [5.41, 5.74) is 2.56. The molecule has 1 aliphatic carbocycles. The van der Waals surface area contributed by atoms with Crippen LogP contribution in [-0.2, 0) is 4.79 Å². The minimum Gasteiger partial charge on any atom is -0.312 e. The first-order valence-electron chi connectivity index (χ1n) is 7.64. The molecule has 1 aliphatic heterocycles. The quantitative estimate of drug-likeness (QED) is 0.693. The molecule has 0 saturated heterocycles. The van der Waals surface area contributed by atoms with E-state index >= 15 is 0 Å². The van der Waals surface area contributed by atoms with Crippen LogP contribution in [0, 0.1) is 5.92 Å². The van der Waals surface area contributed by atoms with Gasteiger partial charge in [0, 0.05) is 25.1 Å². The van der Waals surface area contributed by atoms with Crippen LogP contribution in [0.5, 0.6) is 0 Å². The minimum absolute atomic E-state index is 0.184. The molecule has 19 heavy (non-hydrogen) atoms. The monoisotopic (exact) mass is 257 g/mol. The summed E-state index contributed by atoms with van der Waals surface area (Å²) in [6, 6.07) is 8.50. The molecular weight excluding hydrogens is 234 g/mol. The van der Waals surface area contributed by atoms with Crippen molar-refractivity contribution in [3.8, 4) is 0 Å². The highest BCUT2D eigenvalue weighted by Gasteiger charge is 2.35. The smallest absolute Gasteiger partial charge is 0.223 e. The zero-order valence-electron chi connectivity index (χ0n) is 11.8. The van der Waals surface area contributed by atoms with Gasteiger partial charge in [-0.15, -0.1) is 0 Å². The third-order valence-corrected chi connectivity index (χ3v) is 4.86. The van der Waals surface area contributed by atoms with Crippen LogP contribution >= 0.6 is 0 Å². The lowest BCUT2D eigenvalue weighted by molar-refractivity contribution is -0.116. The van der Waals surface area contributed by atoms with Crippen molar-refractivity contribution in [2.24, 2.45) is 5.92 Å². The van der Waals surface area contributed by atoms with Crippen molar-refractivity contribution in [2.75, 3.05) is 11.4 Å². The number of anilines is 1. The van der Waals surface area contributed by atoms with E-state index in [-0.39, 0.29) is 5.91 Å². The van der Waals surface area contributed by atoms with Crippen LogP contribution < -0.4 is 4.90 Å². The second-order valence-corrected chi connectivity index (χ2v) is 6.05. The van der Waals surface area contributed by atoms with Gasteiger partial charge in [-0.2, -0.15) is 0 Å². The summed E-state index contributed by atoms with van der Waals surface area (Å²) in [5.74, 6) is 1.52. The lowest BCUT2D eigenvalue weighted by atomic mass is 9.83. The molecular formula is C17H23NO. The first-order chi connectivity index (χ1) is 9.27. The van der Waals surface area contributed by atoms with Crippen molar-refractivity contribution >= 4 is 11.6 Å². The van der Waals surface area contributed by atoms with E-state index in [0.29, 0.717) is 5.92 Å². The largest absolute Gasteiger partial charge is 0.312 e. The summed E-state index contributed by atoms with van der Waals surface area (Å²) in [5, 5.41) is 0. The van der Waals surface area contributed by atoms with E-state index < -0.39 is 0 Å². The Labute approximate surface area is 115 Å². The summed E-state index contributed by atoms with van der Waals surface area (Å²) in [4.78, 5) is 13.8. The lowest BCUT2D eigenvalue weighted by Gasteiger charge is -2.23. The Balaban J connectivity index is 1.89. The van der Waals surface area contributed by atoms with Crippen LogP contribution in [0.3, 0.4) is 0 Å². The number of para-hydroxylation sites is 1. The highest BCUT2D eigenvalue weighted by atomic mass is 16.2. The van der Waals surface area contributed by atoms with Gasteiger partial charge in [0.2, 0.25) is 5.91 Å². The number of hydrogen-bond acceptors (Lipinski definition) is 1. The molecule has 0 spiro atoms. The third kappa shape index (κ3) is 2.41. The molecule has 2 nitrogen and oxygen atoms in total. The van der Waals surface area contributed by atoms with Crippen LogP contribution in [0.2, 0.25) is 0 Å². The molecule has 0 bridgehead atoms. The van der Waals surface area contributed by atoms with Gasteiger partial charge >= 0.3 is 0 Å². The Morgan fingerprint density at radius 2 is 1.79 bits per heavy atom. The fourth-order valence-corrected chi connectivity index (χ4v) is 3.85. The number of amides is 1. The van der Waals surface area contributed by atoms with E-state index in [2.05, 4.69) is 18.2 Å². The van der Waals surface area contributed by atoms with Gasteiger partial charge in [-0.05, 0) is 30.4 Å². The van der Waals surface area contributed by atoms with Gasteiger partial charge in [0.15, 0.2) is 0 Å². The molecule has 1 unspecified atom stereocenters. The van der Waals surface area contributed by atoms with Gasteiger partial charge in [-0.3, -0.25) is 4.79 Å². The molecule has 102 valence electrons. The van der Waals surface area contributed by atoms with E-state index in [9.17, 15) is 4.79 Å². The van der Waals surface area contributed by atoms with Gasteiger partial charge in [-0.25, -0.2) is 0 Å². The van der Waals surface area contributed by atoms with Crippen LogP contribution in [-0.4, -0.2) is 12.5 Å². The summed E-state index contributed by atoms with van der Waals surface area (Å²) in [6.07, 6.45) is 8.19. The van der Waals surface area contributed by atoms with Gasteiger partial charge in [0.25, 0.3) is 0 Å². The lowest BCUT2D eigenvalue weighted by Crippen LogP contribution is -2.28. The Kier molecular flexibility index (Phi) is 3.58. The number of hydrogen-bond donors (Lipinski definition) is 0. The van der Waals surface area contributed by atoms with Crippen LogP contribution in [0.4, 0.5) is 5.69 Å². The summed E-state index contributed by atoms with van der Waals surface area (Å²) < 4.78 is 0. The molecule has 1 heterocycles. The van der Waals surface area contributed by atoms with Crippen molar-refractivity contribution in [3.05, 3.63) is 29.8 Å². The number of carbonyl (C=O) groups excluding carboxylic acids is 1. The first kappa shape index (κ1) is 12.7. The predicted molar refractivity (Wildman–Crippen MR) is 78.4 cm³/mol. The van der Waals surface area contributed by atoms with Crippen LogP contribution in [0.15, 0.2) is 24.3 Å². The van der Waals surface area contributed by atoms with Gasteiger partial charge in [0.1, 0.15) is 0 Å². The molecule has 1 aromatic rings. The molecule has 2 heteroatoms. The Morgan fingerprint density at radius 1 is 1.11 bits per heavy atom. The molecule has 1 atom stereocenters. The standard InChI is InChI=1S/C17H23NO/c1-13(19)18-12-16(14-8-4-2-3-5-9-14)15-10-6-7-11-17(15)18/h6-7,10-11,14,16H,2-5,8-9,12H2,1H3. The van der Waals surface area contributed by atoms with Crippen LogP contribution in [0.1, 0.15) is 56.9 Å². The van der Waals surface area contributed by atoms with Gasteiger partial charge < -0.3 is 4.90 Å². The maximum absolute atomic E-state index is 11.8. The molecule has 1 aromatic carbocycles. The fraction of sp³-hybridized carbons (Fsp3) is 0.588. The molecule has 3 rings (SSSR count). The first-order valence-corrected chi connectivity index (χ1v) is 7.64. The van der Waals surface area contributed by atoms with Crippen molar-refractivity contribution < 1.29 is 4.79 Å². The highest BCUT2D eigenvalue weighted by molar-refractivity contribution is 5.94. The molecule has 1 fully saturated rings. The number of benzene rings is 1. The van der Waals surface area contributed by atoms with Gasteiger partial charge in [0.05, 0.1) is 0 Å². The topological polar surface area (TPSA) is 20.3 Å². The average Bonchev–Trinajstić information content (AvgIpc) is 2.60. The fourth-order valence-electron chi connectivity index (χ4n) is 3.85. The zero-order valence-corrected chi connectivity index (χ0v) is 11.8. The minimum atomic E-state index is 0.184. The predicted octanol–water partition coefficient (Wildman–Crippen LogP) is 4.11. The summed E-state index contributed by atoms with van der Waals surface area (Å²) in [7, 11) is 0. The molecule has 0 N–H and O–H groups in total. The second kappa shape index (κ2) is 5.36. The van der Waals surface area contributed by atoms with E-state index in [1.807, 2.05) is 11.0 Å². The van der Waals surface area contributed by atoms with E-state index in [1.165, 1.54) is 44.1 Å². The second-order valence-electron chi connectivity index (χ2n) is 6.05. The number of carbonyl (C=O) groups is 1. The average molecular weight is 257 g/mol. The van der Waals surface area contributed by atoms with Crippen molar-refractivity contribution in [1.29, 1.82) is 0 Å². The maximum Gasteiger partial charge on any atom is 0.223 e. The van der Waals surface area contributed by atoms with E-state index in [0.717, 1.165) is 18.2 Å². The van der Waals surface area contributed by atoms with E-state index in [4.69, 9.17) is 0 Å². The molecule has 1 amide bonds. The molecule has 2 aliphatic rings. The Hall–Kier alpha value is -1.31. The SMILES string of the molecule is CC(=O)N1CC(C2CCCCCC2)c2ccccc21. The van der Waals surface area contributed by atoms with Crippen molar-refractivity contribution in [1.82, 2.24) is 0 Å². The summed E-state index contributed by atoms with van der Waals surface area (Å²) in [6.45, 7) is 2.59. The third-order valence-electron chi connectivity index (χ3n) is 4.86. The summed E-state index contributed by atoms with van der Waals surface area (Å²) >= 11 is 0. The van der Waals surface area contributed by atoms with Crippen molar-refractivity contribution in [2.45, 2.75) is 51.4 Å². The Morgan fingerprint density at radius 3 is 2.47 bits per heavy atom. The number of nitrogens with zero attached hydrogens (tertiary/aromatic N) is 1. The number of rotatable bonds is 1. The normalized spacial score (nSPS) is 24.1. The molecule has 0 aromatic heterocycles. The highest BCUT2D eigenvalue weighted by Crippen LogP contribution is 2.44. The van der Waals surface area contributed by atoms with E-state index in [1.54, 1.807) is 6.92 Å². The molecule has 1 saturated carbocycles. The number of fused-ring (bicyclic) bond motifs is 1.